The summed E-state index contributed by atoms with van der Waals surface area (Å²) in [7, 11) is 1.40. The number of methoxy groups -OCH3 is 1. The lowest BCUT2D eigenvalue weighted by Gasteiger charge is -2.18. The molecule has 0 aromatic heterocycles. The van der Waals surface area contributed by atoms with E-state index in [1.165, 1.54) is 25.3 Å². The molecule has 0 bridgehead atoms. The summed E-state index contributed by atoms with van der Waals surface area (Å²) in [4.78, 5) is 23.7. The molecule has 0 aliphatic rings. The second-order valence-corrected chi connectivity index (χ2v) is 6.23. The molecule has 0 radical (unpaired) electrons. The third-order valence-electron chi connectivity index (χ3n) is 4.29. The monoisotopic (exact) mass is 376 g/mol. The van der Waals surface area contributed by atoms with Gasteiger partial charge in [-0.3, -0.25) is 14.9 Å². The van der Waals surface area contributed by atoms with Gasteiger partial charge in [0, 0.05) is 17.7 Å². The molecule has 0 saturated heterocycles. The lowest BCUT2D eigenvalue weighted by molar-refractivity contribution is -0.903. The number of nitrogens with one attached hydrogen (secondary N) is 2. The summed E-state index contributed by atoms with van der Waals surface area (Å²) >= 11 is 0. The normalized spacial score (nSPS) is 11.7. The van der Waals surface area contributed by atoms with E-state index in [9.17, 15) is 19.3 Å². The Morgan fingerprint density at radius 3 is 2.63 bits per heavy atom. The number of anilines is 1. The van der Waals surface area contributed by atoms with E-state index in [2.05, 4.69) is 5.32 Å². The quantitative estimate of drug-likeness (QED) is 0.546. The van der Waals surface area contributed by atoms with Crippen LogP contribution >= 0.6 is 0 Å². The number of likely N-dealkylation sites (N-methyl/N-ethyl adjacent to an activating group) is 1. The van der Waals surface area contributed by atoms with E-state index in [1.807, 2.05) is 6.92 Å². The van der Waals surface area contributed by atoms with Crippen LogP contribution in [0.3, 0.4) is 0 Å². The zero-order valence-corrected chi connectivity index (χ0v) is 15.5. The molecule has 7 nitrogen and oxygen atoms in total. The van der Waals surface area contributed by atoms with Crippen molar-refractivity contribution in [2.75, 3.05) is 25.5 Å². The number of nitro groups is 1. The summed E-state index contributed by atoms with van der Waals surface area (Å²) < 4.78 is 18.7. The van der Waals surface area contributed by atoms with Crippen molar-refractivity contribution in [3.05, 3.63) is 63.5 Å². The smallest absolute Gasteiger partial charge is 0.279 e. The van der Waals surface area contributed by atoms with Crippen molar-refractivity contribution in [2.24, 2.45) is 0 Å². The minimum absolute atomic E-state index is 0.0793. The lowest BCUT2D eigenvalue weighted by Crippen LogP contribution is -3.11. The Kier molecular flexibility index (Phi) is 6.84. The van der Waals surface area contributed by atoms with Gasteiger partial charge >= 0.3 is 0 Å². The average molecular weight is 376 g/mol. The maximum atomic E-state index is 13.8. The molecule has 0 heterocycles. The molecule has 0 aliphatic heterocycles. The molecule has 0 fully saturated rings. The van der Waals surface area contributed by atoms with Gasteiger partial charge in [-0.15, -0.1) is 0 Å². The molecule has 144 valence electrons. The first-order valence-electron chi connectivity index (χ1n) is 8.55. The maximum absolute atomic E-state index is 13.8. The molecular formula is C19H23FN3O4+. The standard InChI is InChI=1S/C19H22FN3O4/c1-4-22(11-14-6-8-18(27-3)16(20)9-14)12-19(24)21-17-10-15(23(25)26)7-5-13(17)2/h5-10H,4,11-12H2,1-3H3,(H,21,24)/p+1. The number of quaternary nitrogens is 1. The molecule has 2 aromatic carbocycles. The number of halogens is 1. The first kappa shape index (κ1) is 20.3. The minimum Gasteiger partial charge on any atom is -0.494 e. The Bertz CT molecular complexity index is 842. The van der Waals surface area contributed by atoms with E-state index in [0.29, 0.717) is 18.8 Å². The Hall–Kier alpha value is -3.00. The van der Waals surface area contributed by atoms with Gasteiger partial charge in [0.15, 0.2) is 18.1 Å². The molecule has 2 rings (SSSR count). The largest absolute Gasteiger partial charge is 0.494 e. The topological polar surface area (TPSA) is 85.9 Å². The SMILES string of the molecule is CC[NH+](CC(=O)Nc1cc([N+](=O)[O-])ccc1C)Cc1ccc(OC)c(F)c1. The number of carbonyl (C=O) groups is 1. The predicted molar refractivity (Wildman–Crippen MR) is 99.5 cm³/mol. The summed E-state index contributed by atoms with van der Waals surface area (Å²) in [5.41, 5.74) is 1.83. The van der Waals surface area contributed by atoms with Gasteiger partial charge in [0.2, 0.25) is 0 Å². The molecule has 1 atom stereocenters. The van der Waals surface area contributed by atoms with Crippen LogP contribution in [0.1, 0.15) is 18.1 Å². The van der Waals surface area contributed by atoms with Crippen LogP contribution in [-0.2, 0) is 11.3 Å². The summed E-state index contributed by atoms with van der Waals surface area (Å²) in [6.45, 7) is 4.99. The van der Waals surface area contributed by atoms with Gasteiger partial charge < -0.3 is 15.0 Å². The van der Waals surface area contributed by atoms with E-state index in [4.69, 9.17) is 4.74 Å². The Labute approximate surface area is 156 Å². The second kappa shape index (κ2) is 9.09. The van der Waals surface area contributed by atoms with Gasteiger partial charge in [-0.05, 0) is 37.6 Å². The third kappa shape index (κ3) is 5.49. The van der Waals surface area contributed by atoms with Crippen molar-refractivity contribution in [3.8, 4) is 5.75 Å². The first-order chi connectivity index (χ1) is 12.8. The van der Waals surface area contributed by atoms with E-state index in [0.717, 1.165) is 16.0 Å². The van der Waals surface area contributed by atoms with E-state index >= 15 is 0 Å². The lowest BCUT2D eigenvalue weighted by atomic mass is 10.1. The summed E-state index contributed by atoms with van der Waals surface area (Å²) in [5, 5.41) is 13.6. The average Bonchev–Trinajstić information content (AvgIpc) is 2.63. The summed E-state index contributed by atoms with van der Waals surface area (Å²) in [5.74, 6) is -0.526. The minimum atomic E-state index is -0.503. The number of carbonyl (C=O) groups excluding carboxylic acids is 1. The van der Waals surface area contributed by atoms with Crippen molar-refractivity contribution >= 4 is 17.3 Å². The van der Waals surface area contributed by atoms with Crippen LogP contribution in [-0.4, -0.2) is 31.0 Å². The molecule has 1 unspecified atom stereocenters. The Morgan fingerprint density at radius 2 is 2.04 bits per heavy atom. The van der Waals surface area contributed by atoms with Crippen molar-refractivity contribution in [1.82, 2.24) is 0 Å². The number of nitrogens with zero attached hydrogens (tertiary/aromatic N) is 1. The third-order valence-corrected chi connectivity index (χ3v) is 4.29. The van der Waals surface area contributed by atoms with Crippen LogP contribution in [0, 0.1) is 22.9 Å². The highest BCUT2D eigenvalue weighted by molar-refractivity contribution is 5.92. The van der Waals surface area contributed by atoms with Gasteiger partial charge in [-0.1, -0.05) is 6.07 Å². The van der Waals surface area contributed by atoms with Gasteiger partial charge in [0.05, 0.1) is 24.3 Å². The second-order valence-electron chi connectivity index (χ2n) is 6.23. The van der Waals surface area contributed by atoms with Crippen LogP contribution in [0.4, 0.5) is 15.8 Å². The molecular weight excluding hydrogens is 353 g/mol. The first-order valence-corrected chi connectivity index (χ1v) is 8.55. The van der Waals surface area contributed by atoms with Crippen molar-refractivity contribution in [2.45, 2.75) is 20.4 Å². The number of amides is 1. The molecule has 2 aromatic rings. The predicted octanol–water partition coefficient (Wildman–Crippen LogP) is 2.09. The zero-order chi connectivity index (χ0) is 20.0. The van der Waals surface area contributed by atoms with E-state index < -0.39 is 10.7 Å². The molecule has 0 aliphatic carbocycles. The van der Waals surface area contributed by atoms with Crippen LogP contribution in [0.25, 0.3) is 0 Å². The molecule has 2 N–H and O–H groups in total. The zero-order valence-electron chi connectivity index (χ0n) is 15.5. The number of nitro benzene ring substituents is 1. The summed E-state index contributed by atoms with van der Waals surface area (Å²) in [6, 6.07) is 9.06. The van der Waals surface area contributed by atoms with Crippen molar-refractivity contribution in [3.63, 3.8) is 0 Å². The number of non-ortho nitro benzene ring substituents is 1. The fourth-order valence-electron chi connectivity index (χ4n) is 2.70. The maximum Gasteiger partial charge on any atom is 0.279 e. The highest BCUT2D eigenvalue weighted by Gasteiger charge is 2.17. The van der Waals surface area contributed by atoms with Gasteiger partial charge in [0.25, 0.3) is 11.6 Å². The van der Waals surface area contributed by atoms with Crippen molar-refractivity contribution in [1.29, 1.82) is 0 Å². The molecule has 27 heavy (non-hydrogen) atoms. The molecule has 0 spiro atoms. The van der Waals surface area contributed by atoms with Crippen LogP contribution in [0.5, 0.6) is 5.75 Å². The van der Waals surface area contributed by atoms with Crippen molar-refractivity contribution < 1.29 is 23.7 Å². The number of hydrogen-bond acceptors (Lipinski definition) is 4. The van der Waals surface area contributed by atoms with Gasteiger partial charge in [-0.25, -0.2) is 4.39 Å². The fraction of sp³-hybridized carbons (Fsp3) is 0.316. The van der Waals surface area contributed by atoms with Gasteiger partial charge in [0.1, 0.15) is 6.54 Å². The van der Waals surface area contributed by atoms with E-state index in [-0.39, 0.29) is 23.9 Å². The van der Waals surface area contributed by atoms with Crippen LogP contribution in [0.15, 0.2) is 36.4 Å². The molecule has 8 heteroatoms. The molecule has 0 saturated carbocycles. The number of rotatable bonds is 8. The number of benzene rings is 2. The summed E-state index contributed by atoms with van der Waals surface area (Å²) in [6.07, 6.45) is 0. The number of hydrogen-bond donors (Lipinski definition) is 2. The van der Waals surface area contributed by atoms with Gasteiger partial charge in [-0.2, -0.15) is 0 Å². The number of aryl methyl sites for hydroxylation is 1. The highest BCUT2D eigenvalue weighted by Crippen LogP contribution is 2.21. The van der Waals surface area contributed by atoms with E-state index in [1.54, 1.807) is 25.1 Å². The number of ether oxygens (including phenoxy) is 1. The fourth-order valence-corrected chi connectivity index (χ4v) is 2.70. The molecule has 1 amide bonds. The highest BCUT2D eigenvalue weighted by atomic mass is 19.1. The van der Waals surface area contributed by atoms with Crippen LogP contribution in [0.2, 0.25) is 0 Å². The Balaban J connectivity index is 2.04. The van der Waals surface area contributed by atoms with Crippen LogP contribution < -0.4 is 15.0 Å². The Morgan fingerprint density at radius 1 is 1.30 bits per heavy atom.